The first-order valence-electron chi connectivity index (χ1n) is 14.8. The van der Waals surface area contributed by atoms with Crippen molar-refractivity contribution >= 4 is 29.5 Å². The molecule has 6 atom stereocenters. The van der Waals surface area contributed by atoms with Crippen LogP contribution in [-0.2, 0) is 9.59 Å². The molecule has 0 radical (unpaired) electrons. The lowest BCUT2D eigenvalue weighted by molar-refractivity contribution is -0.189. The maximum absolute atomic E-state index is 14.4. The molecule has 0 amide bonds. The Hall–Kier alpha value is -3.97. The molecule has 2 aromatic rings. The molecule has 5 rings (SSSR count). The Morgan fingerprint density at radius 1 is 0.953 bits per heavy atom. The quantitative estimate of drug-likeness (QED) is 0.234. The number of allylic oxidation sites excluding steroid dienone is 2. The van der Waals surface area contributed by atoms with Gasteiger partial charge in [0.25, 0.3) is 0 Å². The molecular weight excluding hydrogens is 544 g/mol. The number of fused-ring (bicyclic) bond motifs is 3. The number of phenols is 1. The predicted octanol–water partition coefficient (Wildman–Crippen LogP) is 6.63. The van der Waals surface area contributed by atoms with Gasteiger partial charge in [0.1, 0.15) is 22.8 Å². The maximum atomic E-state index is 14.4. The second-order valence-corrected chi connectivity index (χ2v) is 13.4. The minimum atomic E-state index is -2.66. The first-order chi connectivity index (χ1) is 20.0. The zero-order valence-electron chi connectivity index (χ0n) is 25.9. The molecule has 2 aromatic carbocycles. The number of aliphatic hydroxyl groups is 3. The summed E-state index contributed by atoms with van der Waals surface area (Å²) < 4.78 is 0. The fourth-order valence-electron chi connectivity index (χ4n) is 8.39. The Balaban J connectivity index is 1.77. The van der Waals surface area contributed by atoms with E-state index in [1.165, 1.54) is 0 Å². The van der Waals surface area contributed by atoms with Crippen molar-refractivity contribution in [1.29, 1.82) is 0 Å². The molecule has 0 bridgehead atoms. The average Bonchev–Trinajstić information content (AvgIpc) is 2.93. The van der Waals surface area contributed by atoms with Crippen LogP contribution in [0.4, 0.5) is 0 Å². The number of carbonyl (C=O) groups is 3. The van der Waals surface area contributed by atoms with Crippen LogP contribution >= 0.6 is 0 Å². The van der Waals surface area contributed by atoms with E-state index in [9.17, 15) is 34.8 Å². The van der Waals surface area contributed by atoms with Gasteiger partial charge in [0.05, 0.1) is 5.56 Å². The summed E-state index contributed by atoms with van der Waals surface area (Å²) in [5.41, 5.74) is -2.97. The van der Waals surface area contributed by atoms with Crippen molar-refractivity contribution in [2.24, 2.45) is 28.6 Å². The van der Waals surface area contributed by atoms with Crippen molar-refractivity contribution in [1.82, 2.24) is 0 Å². The molecule has 226 valence electrons. The van der Waals surface area contributed by atoms with E-state index in [0.29, 0.717) is 11.1 Å². The number of aromatic hydroxyl groups is 1. The van der Waals surface area contributed by atoms with Crippen molar-refractivity contribution in [2.75, 3.05) is 0 Å². The summed E-state index contributed by atoms with van der Waals surface area (Å²) in [5, 5.41) is 47.2. The van der Waals surface area contributed by atoms with Crippen LogP contribution in [-0.4, -0.2) is 43.4 Å². The van der Waals surface area contributed by atoms with Crippen LogP contribution in [0.5, 0.6) is 5.75 Å². The molecule has 3 aliphatic carbocycles. The lowest BCUT2D eigenvalue weighted by Gasteiger charge is -2.64. The van der Waals surface area contributed by atoms with Gasteiger partial charge in [-0.05, 0) is 42.7 Å². The molecule has 0 aliphatic heterocycles. The van der Waals surface area contributed by atoms with Crippen LogP contribution in [0.2, 0.25) is 0 Å². The van der Waals surface area contributed by atoms with E-state index in [1.54, 1.807) is 25.1 Å². The van der Waals surface area contributed by atoms with Crippen molar-refractivity contribution in [3.63, 3.8) is 0 Å². The molecule has 4 N–H and O–H groups in total. The summed E-state index contributed by atoms with van der Waals surface area (Å²) in [4.78, 5) is 41.0. The highest BCUT2D eigenvalue weighted by molar-refractivity contribution is 6.25. The number of phenolic OH excluding ortho intramolecular Hbond substituents is 1. The van der Waals surface area contributed by atoms with Crippen LogP contribution < -0.4 is 0 Å². The highest BCUT2D eigenvalue weighted by Gasteiger charge is 2.74. The zero-order valence-corrected chi connectivity index (χ0v) is 25.9. The number of Topliss-reactive ketones (excluding diaryl/α,β-unsaturated/α-hetero) is 3. The third kappa shape index (κ3) is 3.73. The van der Waals surface area contributed by atoms with Crippen LogP contribution in [0, 0.1) is 35.5 Å². The van der Waals surface area contributed by atoms with Gasteiger partial charge in [-0.3, -0.25) is 14.4 Å². The third-order valence-electron chi connectivity index (χ3n) is 11.1. The van der Waals surface area contributed by atoms with Gasteiger partial charge < -0.3 is 20.4 Å². The molecular formula is C36H40O7. The largest absolute Gasteiger partial charge is 0.511 e. The van der Waals surface area contributed by atoms with Crippen molar-refractivity contribution < 1.29 is 34.8 Å². The van der Waals surface area contributed by atoms with Gasteiger partial charge in [0.2, 0.25) is 5.78 Å². The Bertz CT molecular complexity index is 1670. The van der Waals surface area contributed by atoms with Gasteiger partial charge in [0, 0.05) is 27.9 Å². The van der Waals surface area contributed by atoms with E-state index in [0.717, 1.165) is 18.1 Å². The second-order valence-electron chi connectivity index (χ2n) is 13.4. The molecule has 7 nitrogen and oxygen atoms in total. The maximum Gasteiger partial charge on any atom is 0.209 e. The number of carbonyl (C=O) groups excluding carboxylic acids is 3. The van der Waals surface area contributed by atoms with Crippen LogP contribution in [0.3, 0.4) is 0 Å². The van der Waals surface area contributed by atoms with E-state index in [4.69, 9.17) is 0 Å². The Kier molecular flexibility index (Phi) is 6.93. The van der Waals surface area contributed by atoms with Gasteiger partial charge in [0.15, 0.2) is 17.2 Å². The first kappa shape index (κ1) is 30.5. The minimum absolute atomic E-state index is 0.00540. The molecule has 0 heterocycles. The molecule has 1 unspecified atom stereocenters. The van der Waals surface area contributed by atoms with Gasteiger partial charge in [-0.2, -0.15) is 0 Å². The van der Waals surface area contributed by atoms with Crippen LogP contribution in [0.15, 0.2) is 59.1 Å². The highest BCUT2D eigenvalue weighted by atomic mass is 16.3. The lowest BCUT2D eigenvalue weighted by atomic mass is 9.39. The van der Waals surface area contributed by atoms with E-state index < -0.39 is 68.6 Å². The smallest absolute Gasteiger partial charge is 0.209 e. The number of ketones is 3. The normalized spacial score (nSPS) is 32.3. The Morgan fingerprint density at radius 2 is 1.56 bits per heavy atom. The SMILES string of the molecule is CC(=O)C1=C(O)C(C(C)C)[C@@]2(C)[C@H](C)[C@]3(C)C(=C(O)[C@@]2(O)C1=O)C(=O)c1c(ccc(/C=C/c2ccc(C)cc2)c1O)[C@H]3C. The van der Waals surface area contributed by atoms with E-state index >= 15 is 0 Å². The van der Waals surface area contributed by atoms with E-state index in [2.05, 4.69) is 0 Å². The monoisotopic (exact) mass is 584 g/mol. The molecule has 3 aliphatic rings. The summed E-state index contributed by atoms with van der Waals surface area (Å²) in [6.07, 6.45) is 3.53. The molecule has 0 saturated heterocycles. The summed E-state index contributed by atoms with van der Waals surface area (Å²) in [6.45, 7) is 13.9. The van der Waals surface area contributed by atoms with E-state index in [1.807, 2.05) is 71.9 Å². The number of benzene rings is 2. The molecule has 43 heavy (non-hydrogen) atoms. The number of aliphatic hydroxyl groups excluding tert-OH is 2. The third-order valence-corrected chi connectivity index (χ3v) is 11.1. The molecule has 0 fully saturated rings. The van der Waals surface area contributed by atoms with Crippen LogP contribution in [0.1, 0.15) is 87.0 Å². The van der Waals surface area contributed by atoms with E-state index in [-0.39, 0.29) is 22.8 Å². The Labute approximate surface area is 252 Å². The van der Waals surface area contributed by atoms with Crippen LogP contribution in [0.25, 0.3) is 12.2 Å². The molecule has 0 spiro atoms. The summed E-state index contributed by atoms with van der Waals surface area (Å²) in [7, 11) is 0. The highest BCUT2D eigenvalue weighted by Crippen LogP contribution is 2.70. The van der Waals surface area contributed by atoms with Crippen molar-refractivity contribution in [3.8, 4) is 5.75 Å². The zero-order chi connectivity index (χ0) is 32.0. The number of rotatable bonds is 4. The summed E-state index contributed by atoms with van der Waals surface area (Å²) >= 11 is 0. The molecule has 0 saturated carbocycles. The van der Waals surface area contributed by atoms with Gasteiger partial charge in [-0.25, -0.2) is 0 Å². The molecule has 0 aromatic heterocycles. The number of hydrogen-bond donors (Lipinski definition) is 4. The average molecular weight is 585 g/mol. The summed E-state index contributed by atoms with van der Waals surface area (Å²) in [6, 6.07) is 11.4. The fourth-order valence-corrected chi connectivity index (χ4v) is 8.39. The molecule has 7 heteroatoms. The number of hydrogen-bond acceptors (Lipinski definition) is 7. The van der Waals surface area contributed by atoms with Crippen molar-refractivity contribution in [3.05, 3.63) is 86.9 Å². The second kappa shape index (κ2) is 9.78. The van der Waals surface area contributed by atoms with Gasteiger partial charge in [-0.1, -0.05) is 95.7 Å². The van der Waals surface area contributed by atoms with Gasteiger partial charge >= 0.3 is 0 Å². The van der Waals surface area contributed by atoms with Gasteiger partial charge in [-0.15, -0.1) is 0 Å². The summed E-state index contributed by atoms with van der Waals surface area (Å²) in [5.74, 6) is -6.34. The lowest BCUT2D eigenvalue weighted by Crippen LogP contribution is -2.71. The van der Waals surface area contributed by atoms with Crippen molar-refractivity contribution in [2.45, 2.75) is 66.9 Å². The minimum Gasteiger partial charge on any atom is -0.511 e. The fraction of sp³-hybridized carbons (Fsp3) is 0.417. The standard InChI is InChI=1S/C36H40O7/c1-17(2)27-30(39)25(20(5)37)32(41)36(43)33(42)28-31(40)26-24(19(4)34(28,7)21(6)35(27,36)8)16-15-23(29(26)38)14-13-22-11-9-18(3)10-12-22/h9-17,19,21,27,38-39,42-43H,1-8H3/b14-13+/t19-,21-,27?,34-,35-,36+/m1/s1. The first-order valence-corrected chi connectivity index (χ1v) is 14.8. The Morgan fingerprint density at radius 3 is 2.12 bits per heavy atom. The predicted molar refractivity (Wildman–Crippen MR) is 165 cm³/mol. The topological polar surface area (TPSA) is 132 Å². The number of aryl methyl sites for hydroxylation is 1.